The fraction of sp³-hybridized carbons (Fsp3) is 0.758. The van der Waals surface area contributed by atoms with Gasteiger partial charge in [-0.1, -0.05) is 51.1 Å². The summed E-state index contributed by atoms with van der Waals surface area (Å²) in [5.74, 6) is 2.58. The van der Waals surface area contributed by atoms with Crippen LogP contribution in [0.2, 0.25) is 0 Å². The van der Waals surface area contributed by atoms with Crippen molar-refractivity contribution in [2.45, 2.75) is 109 Å². The Morgan fingerprint density at radius 1 is 1.07 bits per heavy atom. The molecule has 12 atom stereocenters. The number of hydrazine groups is 1. The Bertz CT molecular complexity index is 1120. The molecule has 4 saturated carbocycles. The summed E-state index contributed by atoms with van der Waals surface area (Å²) < 4.78 is 0. The molecule has 220 valence electrons. The minimum Gasteiger partial charge on any atom is -0.393 e. The molecule has 1 aliphatic heterocycles. The quantitative estimate of drug-likeness (QED) is 0.306. The molecule has 1 saturated heterocycles. The van der Waals surface area contributed by atoms with E-state index in [4.69, 9.17) is 11.6 Å². The highest BCUT2D eigenvalue weighted by Gasteiger charge is 2.63. The van der Waals surface area contributed by atoms with Gasteiger partial charge in [-0.3, -0.25) is 15.0 Å². The lowest BCUT2D eigenvalue weighted by Gasteiger charge is -2.62. The summed E-state index contributed by atoms with van der Waals surface area (Å²) in [6, 6.07) is 9.24. The third-order valence-corrected chi connectivity index (χ3v) is 13.2. The number of alkyl halides is 1. The van der Waals surface area contributed by atoms with E-state index in [0.29, 0.717) is 41.9 Å². The number of hydrogen-bond donors (Lipinski definition) is 3. The van der Waals surface area contributed by atoms with Crippen LogP contribution in [0.4, 0.5) is 0 Å². The molecule has 0 aromatic heterocycles. The number of fused-ring (bicyclic) bond motifs is 5. The number of aliphatic hydroxyl groups is 2. The van der Waals surface area contributed by atoms with Gasteiger partial charge in [0.1, 0.15) is 11.4 Å². The Balaban J connectivity index is 1.09. The highest BCUT2D eigenvalue weighted by atomic mass is 35.5. The van der Waals surface area contributed by atoms with Gasteiger partial charge in [0, 0.05) is 6.42 Å². The van der Waals surface area contributed by atoms with E-state index >= 15 is 0 Å². The number of rotatable bonds is 6. The molecule has 0 spiro atoms. The highest BCUT2D eigenvalue weighted by molar-refractivity contribution is 6.33. The largest absolute Gasteiger partial charge is 0.393 e. The van der Waals surface area contributed by atoms with E-state index in [-0.39, 0.29) is 40.9 Å². The first-order valence-corrected chi connectivity index (χ1v) is 16.2. The highest BCUT2D eigenvalue weighted by Crippen LogP contribution is 2.68. The van der Waals surface area contributed by atoms with E-state index in [9.17, 15) is 19.8 Å². The molecule has 0 radical (unpaired) electrons. The number of hydrogen-bond acceptors (Lipinski definition) is 4. The van der Waals surface area contributed by atoms with Gasteiger partial charge in [0.25, 0.3) is 5.91 Å². The minimum atomic E-state index is -0.662. The van der Waals surface area contributed by atoms with Crippen LogP contribution in [-0.2, 0) is 9.59 Å². The molecule has 7 heteroatoms. The third-order valence-electron chi connectivity index (χ3n) is 12.7. The van der Waals surface area contributed by atoms with Gasteiger partial charge in [0.2, 0.25) is 5.91 Å². The average Bonchev–Trinajstić information content (AvgIpc) is 3.31. The SMILES string of the molecule is C[C@H](CCC(=O)NN1C(=O)[C@H](Cl)[C@H]1c1ccccc1)[C@H]1CC[C@H]2[C@@H]3CC[C@H]4C[C@H](O)CC[C@]4(C)[C@H]3C[C@H](O)[C@]12C. The van der Waals surface area contributed by atoms with E-state index in [0.717, 1.165) is 50.5 Å². The zero-order valence-corrected chi connectivity index (χ0v) is 25.0. The molecule has 0 bridgehead atoms. The van der Waals surface area contributed by atoms with Crippen molar-refractivity contribution in [3.63, 3.8) is 0 Å². The van der Waals surface area contributed by atoms with Crippen LogP contribution in [0, 0.1) is 46.3 Å². The molecule has 5 fully saturated rings. The summed E-state index contributed by atoms with van der Waals surface area (Å²) in [6.07, 6.45) is 9.11. The van der Waals surface area contributed by atoms with E-state index in [1.165, 1.54) is 17.9 Å². The molecule has 40 heavy (non-hydrogen) atoms. The number of β-lactam (4-membered cyclic amide) rings is 1. The van der Waals surface area contributed by atoms with E-state index in [1.54, 1.807) is 0 Å². The number of amides is 2. The van der Waals surface area contributed by atoms with Crippen LogP contribution in [0.25, 0.3) is 0 Å². The van der Waals surface area contributed by atoms with Gasteiger partial charge in [-0.2, -0.15) is 0 Å². The monoisotopic (exact) mass is 570 g/mol. The van der Waals surface area contributed by atoms with Crippen molar-refractivity contribution in [3.8, 4) is 0 Å². The fourth-order valence-corrected chi connectivity index (χ4v) is 10.8. The lowest BCUT2D eigenvalue weighted by molar-refractivity contribution is -0.175. The molecule has 1 aromatic rings. The second-order valence-electron chi connectivity index (χ2n) is 14.4. The molecule has 6 nitrogen and oxygen atoms in total. The predicted molar refractivity (Wildman–Crippen MR) is 155 cm³/mol. The number of nitrogens with one attached hydrogen (secondary N) is 1. The van der Waals surface area contributed by atoms with Gasteiger partial charge >= 0.3 is 0 Å². The third kappa shape index (κ3) is 4.43. The van der Waals surface area contributed by atoms with Gasteiger partial charge < -0.3 is 10.2 Å². The van der Waals surface area contributed by atoms with Crippen molar-refractivity contribution in [2.75, 3.05) is 0 Å². The molecule has 3 N–H and O–H groups in total. The Kier molecular flexibility index (Phi) is 7.53. The van der Waals surface area contributed by atoms with Crippen molar-refractivity contribution >= 4 is 23.4 Å². The molecule has 6 rings (SSSR count). The summed E-state index contributed by atoms with van der Waals surface area (Å²) in [5.41, 5.74) is 3.86. The maximum absolute atomic E-state index is 13.0. The van der Waals surface area contributed by atoms with E-state index in [2.05, 4.69) is 26.2 Å². The maximum atomic E-state index is 13.0. The van der Waals surface area contributed by atoms with Crippen molar-refractivity contribution in [1.82, 2.24) is 10.4 Å². The van der Waals surface area contributed by atoms with Gasteiger partial charge in [-0.05, 0) is 110 Å². The molecule has 1 aromatic carbocycles. The standard InChI is InChI=1S/C33H47ClN2O4/c1-19(9-14-28(39)35-36-30(29(34)31(36)40)20-7-5-4-6-8-20)24-12-13-25-23-11-10-21-17-22(37)15-16-32(21,2)26(23)18-27(38)33(24,25)3/h4-8,19,21-27,29-30,37-38H,9-18H2,1-3H3,(H,35,39)/t19-,21+,22-,23+,24-,25+,26+,27+,29-,30-,32+,33-/m1/s1. The zero-order valence-electron chi connectivity index (χ0n) is 24.3. The first-order valence-electron chi connectivity index (χ1n) is 15.7. The van der Waals surface area contributed by atoms with Crippen molar-refractivity contribution in [1.29, 1.82) is 0 Å². The minimum absolute atomic E-state index is 0.119. The molecular formula is C33H47ClN2O4. The summed E-state index contributed by atoms with van der Waals surface area (Å²) >= 11 is 6.31. The first kappa shape index (κ1) is 28.5. The summed E-state index contributed by atoms with van der Waals surface area (Å²) in [5, 5.41) is 22.9. The second-order valence-corrected chi connectivity index (χ2v) is 14.9. The van der Waals surface area contributed by atoms with Crippen LogP contribution in [0.3, 0.4) is 0 Å². The van der Waals surface area contributed by atoms with Crippen LogP contribution < -0.4 is 5.43 Å². The van der Waals surface area contributed by atoms with Crippen LogP contribution in [0.5, 0.6) is 0 Å². The molecule has 4 aliphatic carbocycles. The number of halogens is 1. The Morgan fingerprint density at radius 3 is 2.58 bits per heavy atom. The molecule has 5 aliphatic rings. The summed E-state index contributed by atoms with van der Waals surface area (Å²) in [6.45, 7) is 7.05. The van der Waals surface area contributed by atoms with Crippen LogP contribution in [0.15, 0.2) is 30.3 Å². The van der Waals surface area contributed by atoms with Crippen LogP contribution >= 0.6 is 11.6 Å². The molecular weight excluding hydrogens is 524 g/mol. The van der Waals surface area contributed by atoms with Gasteiger partial charge in [0.15, 0.2) is 0 Å². The van der Waals surface area contributed by atoms with E-state index < -0.39 is 5.38 Å². The topological polar surface area (TPSA) is 89.9 Å². The number of nitrogens with zero attached hydrogens (tertiary/aromatic N) is 1. The number of aliphatic hydroxyl groups excluding tert-OH is 2. The summed E-state index contributed by atoms with van der Waals surface area (Å²) in [7, 11) is 0. The smallest absolute Gasteiger partial charge is 0.262 e. The number of benzene rings is 1. The molecule has 0 unspecified atom stereocenters. The van der Waals surface area contributed by atoms with Gasteiger partial charge in [-0.15, -0.1) is 11.6 Å². The van der Waals surface area contributed by atoms with Crippen LogP contribution in [0.1, 0.15) is 96.6 Å². The number of carbonyl (C=O) groups excluding carboxylic acids is 2. The molecule has 2 amide bonds. The second kappa shape index (κ2) is 10.6. The van der Waals surface area contributed by atoms with Gasteiger partial charge in [-0.25, -0.2) is 5.01 Å². The van der Waals surface area contributed by atoms with Crippen molar-refractivity contribution in [2.24, 2.45) is 46.3 Å². The maximum Gasteiger partial charge on any atom is 0.262 e. The Morgan fingerprint density at radius 2 is 1.82 bits per heavy atom. The summed E-state index contributed by atoms with van der Waals surface area (Å²) in [4.78, 5) is 25.4. The zero-order chi connectivity index (χ0) is 28.4. The first-order chi connectivity index (χ1) is 19.1. The fourth-order valence-electron chi connectivity index (χ4n) is 10.5. The van der Waals surface area contributed by atoms with Gasteiger partial charge in [0.05, 0.1) is 12.2 Å². The van der Waals surface area contributed by atoms with Crippen molar-refractivity contribution in [3.05, 3.63) is 35.9 Å². The lowest BCUT2D eigenvalue weighted by Crippen LogP contribution is -2.63. The average molecular weight is 571 g/mol. The normalized spacial score (nSPS) is 45.1. The predicted octanol–water partition coefficient (Wildman–Crippen LogP) is 5.62. The van der Waals surface area contributed by atoms with Crippen LogP contribution in [-0.4, -0.2) is 44.6 Å². The number of carbonyl (C=O) groups is 2. The Hall–Kier alpha value is -1.63. The van der Waals surface area contributed by atoms with E-state index in [1.807, 2.05) is 30.3 Å². The molecule has 1 heterocycles. The van der Waals surface area contributed by atoms with Crippen molar-refractivity contribution < 1.29 is 19.8 Å². The lowest BCUT2D eigenvalue weighted by atomic mass is 9.43. The Labute approximate surface area is 244 Å².